The highest BCUT2D eigenvalue weighted by atomic mass is 16.4. The molecule has 0 atom stereocenters. The number of rotatable bonds is 4. The van der Waals surface area contributed by atoms with Crippen LogP contribution < -0.4 is 10.3 Å². The van der Waals surface area contributed by atoms with Gasteiger partial charge in [0, 0.05) is 26.2 Å². The fourth-order valence-corrected chi connectivity index (χ4v) is 3.13. The summed E-state index contributed by atoms with van der Waals surface area (Å²) in [4.78, 5) is 17.8. The van der Waals surface area contributed by atoms with Crippen molar-refractivity contribution in [3.8, 4) is 6.07 Å². The summed E-state index contributed by atoms with van der Waals surface area (Å²) in [6.45, 7) is 6.66. The van der Waals surface area contributed by atoms with E-state index >= 15 is 0 Å². The highest BCUT2D eigenvalue weighted by Gasteiger charge is 2.20. The maximum Gasteiger partial charge on any atom is 0.354 e. The highest BCUT2D eigenvalue weighted by Crippen LogP contribution is 2.22. The molecule has 1 fully saturated rings. The molecule has 0 unspecified atom stereocenters. The first-order valence-electron chi connectivity index (χ1n) is 8.47. The van der Waals surface area contributed by atoms with Gasteiger partial charge < -0.3 is 15.4 Å². The molecule has 1 aromatic heterocycles. The van der Waals surface area contributed by atoms with E-state index in [4.69, 9.17) is 0 Å². The molecule has 2 N–H and O–H groups in total. The third-order valence-corrected chi connectivity index (χ3v) is 4.52. The van der Waals surface area contributed by atoms with Gasteiger partial charge in [0.05, 0.1) is 11.3 Å². The van der Waals surface area contributed by atoms with Crippen LogP contribution in [0.25, 0.3) is 0 Å². The zero-order valence-electron chi connectivity index (χ0n) is 14.9. The molecule has 0 bridgehead atoms. The lowest BCUT2D eigenvalue weighted by molar-refractivity contribution is 0.0689. The second kappa shape index (κ2) is 7.42. The number of pyridine rings is 1. The van der Waals surface area contributed by atoms with Gasteiger partial charge in [-0.05, 0) is 37.1 Å². The van der Waals surface area contributed by atoms with Crippen LogP contribution in [0, 0.1) is 25.2 Å². The Labute approximate surface area is 152 Å². The van der Waals surface area contributed by atoms with Gasteiger partial charge in [-0.15, -0.1) is 0 Å². The number of anilines is 2. The molecule has 134 valence electrons. The minimum Gasteiger partial charge on any atom is -0.477 e. The summed E-state index contributed by atoms with van der Waals surface area (Å²) in [7, 11) is 0. The van der Waals surface area contributed by atoms with Gasteiger partial charge in [-0.3, -0.25) is 0 Å². The average molecular weight is 351 g/mol. The largest absolute Gasteiger partial charge is 0.477 e. The minimum absolute atomic E-state index is 0.0692. The summed E-state index contributed by atoms with van der Waals surface area (Å²) in [6.07, 6.45) is 0. The minimum atomic E-state index is -1.02. The zero-order chi connectivity index (χ0) is 18.7. The number of carboxylic acid groups (broad SMARTS) is 1. The SMILES string of the molecule is Cc1cc(C)c(C(=O)O)nc1NN1CCN(c2ccccc2C#N)CC1. The van der Waals surface area contributed by atoms with Crippen LogP contribution in [-0.4, -0.2) is 47.2 Å². The van der Waals surface area contributed by atoms with E-state index in [2.05, 4.69) is 21.4 Å². The molecule has 1 saturated heterocycles. The first kappa shape index (κ1) is 17.7. The monoisotopic (exact) mass is 351 g/mol. The van der Waals surface area contributed by atoms with Crippen molar-refractivity contribution in [2.24, 2.45) is 0 Å². The summed E-state index contributed by atoms with van der Waals surface area (Å²) in [6, 6.07) is 11.7. The number of carboxylic acids is 1. The molecule has 0 aliphatic carbocycles. The second-order valence-corrected chi connectivity index (χ2v) is 6.34. The van der Waals surface area contributed by atoms with Crippen molar-refractivity contribution in [3.05, 3.63) is 52.7 Å². The number of hydrogen-bond acceptors (Lipinski definition) is 6. The van der Waals surface area contributed by atoms with Gasteiger partial charge in [0.15, 0.2) is 5.69 Å². The van der Waals surface area contributed by atoms with E-state index < -0.39 is 5.97 Å². The summed E-state index contributed by atoms with van der Waals surface area (Å²) < 4.78 is 0. The first-order chi connectivity index (χ1) is 12.5. The third kappa shape index (κ3) is 3.60. The molecule has 7 heteroatoms. The fourth-order valence-electron chi connectivity index (χ4n) is 3.13. The molecule has 1 aromatic carbocycles. The van der Waals surface area contributed by atoms with Crippen LogP contribution in [0.5, 0.6) is 0 Å². The Hall–Kier alpha value is -3.11. The molecule has 26 heavy (non-hydrogen) atoms. The predicted octanol–water partition coefficient (Wildman–Crippen LogP) is 2.42. The molecule has 2 aromatic rings. The quantitative estimate of drug-likeness (QED) is 0.874. The Morgan fingerprint density at radius 1 is 1.19 bits per heavy atom. The normalized spacial score (nSPS) is 14.7. The van der Waals surface area contributed by atoms with E-state index in [9.17, 15) is 15.2 Å². The molecular formula is C19H21N5O2. The lowest BCUT2D eigenvalue weighted by Crippen LogP contribution is -2.49. The Morgan fingerprint density at radius 3 is 2.54 bits per heavy atom. The van der Waals surface area contributed by atoms with E-state index in [1.165, 1.54) is 0 Å². The van der Waals surface area contributed by atoms with Gasteiger partial charge in [-0.25, -0.2) is 14.8 Å². The van der Waals surface area contributed by atoms with Crippen molar-refractivity contribution in [1.29, 1.82) is 5.26 Å². The van der Waals surface area contributed by atoms with E-state index in [-0.39, 0.29) is 5.69 Å². The topological polar surface area (TPSA) is 92.5 Å². The number of carbonyl (C=O) groups is 1. The van der Waals surface area contributed by atoms with E-state index in [1.807, 2.05) is 42.3 Å². The van der Waals surface area contributed by atoms with E-state index in [1.54, 1.807) is 6.92 Å². The smallest absolute Gasteiger partial charge is 0.354 e. The van der Waals surface area contributed by atoms with E-state index in [0.717, 1.165) is 37.4 Å². The van der Waals surface area contributed by atoms with Gasteiger partial charge in [-0.1, -0.05) is 18.2 Å². The number of nitrogens with one attached hydrogen (secondary N) is 1. The average Bonchev–Trinajstić information content (AvgIpc) is 2.64. The number of nitrogens with zero attached hydrogens (tertiary/aromatic N) is 4. The number of aryl methyl sites for hydroxylation is 2. The summed E-state index contributed by atoms with van der Waals surface area (Å²) in [5, 5.41) is 20.6. The maximum absolute atomic E-state index is 11.3. The molecule has 7 nitrogen and oxygen atoms in total. The molecular weight excluding hydrogens is 330 g/mol. The molecule has 1 aliphatic heterocycles. The number of nitriles is 1. The maximum atomic E-state index is 11.3. The van der Waals surface area contributed by atoms with Gasteiger partial charge in [0.2, 0.25) is 0 Å². The van der Waals surface area contributed by atoms with Crippen LogP contribution in [-0.2, 0) is 0 Å². The van der Waals surface area contributed by atoms with Crippen LogP contribution in [0.3, 0.4) is 0 Å². The standard InChI is InChI=1S/C19H21N5O2/c1-13-11-14(2)18(21-17(13)19(25)26)22-24-9-7-23(8-10-24)16-6-4-3-5-15(16)12-20/h3-6,11H,7-10H2,1-2H3,(H,21,22)(H,25,26). The molecule has 0 amide bonds. The molecule has 0 spiro atoms. The zero-order valence-corrected chi connectivity index (χ0v) is 14.9. The van der Waals surface area contributed by atoms with Crippen molar-refractivity contribution >= 4 is 17.5 Å². The van der Waals surface area contributed by atoms with Gasteiger partial charge in [0.25, 0.3) is 0 Å². The number of hydrazine groups is 1. The van der Waals surface area contributed by atoms with Crippen LogP contribution in [0.2, 0.25) is 0 Å². The number of aromatic carboxylic acids is 1. The molecule has 3 rings (SSSR count). The number of para-hydroxylation sites is 1. The molecule has 0 radical (unpaired) electrons. The van der Waals surface area contributed by atoms with Gasteiger partial charge >= 0.3 is 5.97 Å². The van der Waals surface area contributed by atoms with Crippen molar-refractivity contribution in [2.45, 2.75) is 13.8 Å². The molecule has 0 saturated carbocycles. The van der Waals surface area contributed by atoms with Crippen molar-refractivity contribution in [3.63, 3.8) is 0 Å². The lowest BCUT2D eigenvalue weighted by atomic mass is 10.1. The fraction of sp³-hybridized carbons (Fsp3) is 0.316. The number of piperazine rings is 1. The van der Waals surface area contributed by atoms with Crippen LogP contribution >= 0.6 is 0 Å². The number of aromatic nitrogens is 1. The summed E-state index contributed by atoms with van der Waals surface area (Å²) >= 11 is 0. The van der Waals surface area contributed by atoms with E-state index in [0.29, 0.717) is 16.9 Å². The Bertz CT molecular complexity index is 867. The highest BCUT2D eigenvalue weighted by molar-refractivity contribution is 5.87. The lowest BCUT2D eigenvalue weighted by Gasteiger charge is -2.36. The van der Waals surface area contributed by atoms with Gasteiger partial charge in [-0.2, -0.15) is 5.26 Å². The van der Waals surface area contributed by atoms with Crippen LogP contribution in [0.4, 0.5) is 11.5 Å². The van der Waals surface area contributed by atoms with Crippen molar-refractivity contribution in [1.82, 2.24) is 9.99 Å². The first-order valence-corrected chi connectivity index (χ1v) is 8.47. The number of hydrogen-bond donors (Lipinski definition) is 2. The molecule has 2 heterocycles. The third-order valence-electron chi connectivity index (χ3n) is 4.52. The van der Waals surface area contributed by atoms with Crippen LogP contribution in [0.15, 0.2) is 30.3 Å². The number of benzene rings is 1. The van der Waals surface area contributed by atoms with Crippen molar-refractivity contribution < 1.29 is 9.90 Å². The molecule has 1 aliphatic rings. The predicted molar refractivity (Wildman–Crippen MR) is 99.2 cm³/mol. The Kier molecular flexibility index (Phi) is 5.05. The Morgan fingerprint density at radius 2 is 1.88 bits per heavy atom. The van der Waals surface area contributed by atoms with Crippen LogP contribution in [0.1, 0.15) is 27.2 Å². The van der Waals surface area contributed by atoms with Crippen molar-refractivity contribution in [2.75, 3.05) is 36.5 Å². The Balaban J connectivity index is 1.69. The summed E-state index contributed by atoms with van der Waals surface area (Å²) in [5.41, 5.74) is 6.50. The summed E-state index contributed by atoms with van der Waals surface area (Å²) in [5.74, 6) is -0.456. The second-order valence-electron chi connectivity index (χ2n) is 6.34. The van der Waals surface area contributed by atoms with Gasteiger partial charge in [0.1, 0.15) is 11.9 Å².